The van der Waals surface area contributed by atoms with Gasteiger partial charge in [0.25, 0.3) is 0 Å². The van der Waals surface area contributed by atoms with E-state index in [1.54, 1.807) is 13.8 Å². The van der Waals surface area contributed by atoms with Crippen molar-refractivity contribution in [2.45, 2.75) is 60.4 Å². The molecule has 0 saturated carbocycles. The van der Waals surface area contributed by atoms with E-state index in [1.165, 1.54) is 0 Å². The van der Waals surface area contributed by atoms with Crippen LogP contribution in [-0.4, -0.2) is 45.7 Å². The fourth-order valence-electron chi connectivity index (χ4n) is 2.08. The van der Waals surface area contributed by atoms with Gasteiger partial charge in [0.15, 0.2) is 0 Å². The van der Waals surface area contributed by atoms with Crippen LogP contribution in [0, 0.1) is 10.8 Å². The topological polar surface area (TPSA) is 77.8 Å². The molecule has 0 aliphatic rings. The summed E-state index contributed by atoms with van der Waals surface area (Å²) in [6.07, 6.45) is -0.0151. The molecule has 0 aromatic heterocycles. The van der Waals surface area contributed by atoms with Crippen molar-refractivity contribution < 1.29 is 19.8 Å². The second kappa shape index (κ2) is 6.12. The lowest BCUT2D eigenvalue weighted by Crippen LogP contribution is -2.53. The number of carboxylic acids is 2. The Kier molecular flexibility index (Phi) is 5.78. The normalized spacial score (nSPS) is 13.6. The van der Waals surface area contributed by atoms with E-state index in [0.717, 1.165) is 0 Å². The van der Waals surface area contributed by atoms with Crippen molar-refractivity contribution in [3.05, 3.63) is 0 Å². The Morgan fingerprint density at radius 2 is 1.35 bits per heavy atom. The molecule has 0 rings (SSSR count). The fourth-order valence-corrected chi connectivity index (χ4v) is 2.08. The first-order chi connectivity index (χ1) is 8.67. The van der Waals surface area contributed by atoms with Gasteiger partial charge in [-0.2, -0.15) is 0 Å². The minimum Gasteiger partial charge on any atom is -0.481 e. The average Bonchev–Trinajstić information content (AvgIpc) is 2.11. The number of carbonyl (C=O) groups is 2. The zero-order valence-corrected chi connectivity index (χ0v) is 13.8. The van der Waals surface area contributed by atoms with Gasteiger partial charge in [-0.25, -0.2) is 0 Å². The molecule has 118 valence electrons. The summed E-state index contributed by atoms with van der Waals surface area (Å²) in [7, 11) is 0. The number of rotatable bonds is 7. The van der Waals surface area contributed by atoms with Crippen LogP contribution in [0.4, 0.5) is 0 Å². The molecular formula is C15H29NO4. The van der Waals surface area contributed by atoms with Gasteiger partial charge in [-0.1, -0.05) is 20.8 Å². The first-order valence-electron chi connectivity index (χ1n) is 6.88. The van der Waals surface area contributed by atoms with Crippen LogP contribution < -0.4 is 0 Å². The van der Waals surface area contributed by atoms with Gasteiger partial charge in [0.2, 0.25) is 0 Å². The fraction of sp³-hybridized carbons (Fsp3) is 0.867. The molecule has 2 N–H and O–H groups in total. The molecule has 0 radical (unpaired) electrons. The van der Waals surface area contributed by atoms with Gasteiger partial charge >= 0.3 is 11.9 Å². The van der Waals surface area contributed by atoms with E-state index in [0.29, 0.717) is 13.1 Å². The first kappa shape index (κ1) is 18.9. The highest BCUT2D eigenvalue weighted by atomic mass is 16.4. The van der Waals surface area contributed by atoms with E-state index in [1.807, 2.05) is 18.7 Å². The quantitative estimate of drug-likeness (QED) is 0.752. The molecule has 0 aliphatic carbocycles. The lowest BCUT2D eigenvalue weighted by Gasteiger charge is -2.44. The smallest absolute Gasteiger partial charge is 0.310 e. The van der Waals surface area contributed by atoms with Gasteiger partial charge in [0.05, 0.1) is 11.8 Å². The van der Waals surface area contributed by atoms with Crippen LogP contribution in [0.1, 0.15) is 54.9 Å². The van der Waals surface area contributed by atoms with Gasteiger partial charge in [-0.3, -0.25) is 14.5 Å². The van der Waals surface area contributed by atoms with Crippen LogP contribution in [0.3, 0.4) is 0 Å². The number of carboxylic acid groups (broad SMARTS) is 2. The van der Waals surface area contributed by atoms with Gasteiger partial charge in [0.1, 0.15) is 0 Å². The monoisotopic (exact) mass is 287 g/mol. The largest absolute Gasteiger partial charge is 0.481 e. The Bertz CT molecular complexity index is 367. The van der Waals surface area contributed by atoms with Crippen molar-refractivity contribution >= 4 is 11.9 Å². The molecule has 0 fully saturated rings. The van der Waals surface area contributed by atoms with Gasteiger partial charge in [0, 0.05) is 18.6 Å². The minimum atomic E-state index is -0.916. The van der Waals surface area contributed by atoms with Crippen LogP contribution in [0.2, 0.25) is 0 Å². The van der Waals surface area contributed by atoms with E-state index in [4.69, 9.17) is 5.11 Å². The van der Waals surface area contributed by atoms with Crippen LogP contribution >= 0.6 is 0 Å². The molecule has 0 aromatic carbocycles. The maximum atomic E-state index is 11.3. The van der Waals surface area contributed by atoms with Crippen molar-refractivity contribution in [2.24, 2.45) is 10.8 Å². The summed E-state index contributed by atoms with van der Waals surface area (Å²) >= 11 is 0. The third-order valence-corrected chi connectivity index (χ3v) is 3.27. The van der Waals surface area contributed by atoms with Crippen molar-refractivity contribution in [3.63, 3.8) is 0 Å². The summed E-state index contributed by atoms with van der Waals surface area (Å²) in [6, 6.07) is 0. The van der Waals surface area contributed by atoms with Gasteiger partial charge in [-0.15, -0.1) is 0 Å². The van der Waals surface area contributed by atoms with Crippen molar-refractivity contribution in [2.75, 3.05) is 13.1 Å². The third kappa shape index (κ3) is 6.37. The second-order valence-electron chi connectivity index (χ2n) is 7.99. The summed E-state index contributed by atoms with van der Waals surface area (Å²) in [4.78, 5) is 24.4. The summed E-state index contributed by atoms with van der Waals surface area (Å²) in [5.41, 5.74) is -1.54. The van der Waals surface area contributed by atoms with Crippen molar-refractivity contribution in [1.29, 1.82) is 0 Å². The summed E-state index contributed by atoms with van der Waals surface area (Å²) < 4.78 is 0. The summed E-state index contributed by atoms with van der Waals surface area (Å²) in [5.74, 6) is -1.75. The molecule has 0 saturated heterocycles. The first-order valence-corrected chi connectivity index (χ1v) is 6.88. The SMILES string of the molecule is CC(C)(C)CN(CC(C)(C)C(=O)O)C(C)(C)CC(=O)O. The Balaban J connectivity index is 5.28. The Hall–Kier alpha value is -1.10. The predicted octanol–water partition coefficient (Wildman–Crippen LogP) is 2.70. The second-order valence-corrected chi connectivity index (χ2v) is 7.99. The van der Waals surface area contributed by atoms with Gasteiger partial charge in [-0.05, 0) is 33.1 Å². The zero-order valence-electron chi connectivity index (χ0n) is 13.8. The molecule has 20 heavy (non-hydrogen) atoms. The highest BCUT2D eigenvalue weighted by Gasteiger charge is 2.38. The highest BCUT2D eigenvalue weighted by Crippen LogP contribution is 2.29. The van der Waals surface area contributed by atoms with E-state index < -0.39 is 22.9 Å². The molecule has 0 aromatic rings. The molecule has 0 bridgehead atoms. The molecular weight excluding hydrogens is 258 g/mol. The number of aliphatic carboxylic acids is 2. The predicted molar refractivity (Wildman–Crippen MR) is 78.8 cm³/mol. The highest BCUT2D eigenvalue weighted by molar-refractivity contribution is 5.74. The molecule has 5 heteroatoms. The molecule has 0 unspecified atom stereocenters. The van der Waals surface area contributed by atoms with Crippen LogP contribution in [0.15, 0.2) is 0 Å². The molecule has 0 atom stereocenters. The number of hydrogen-bond donors (Lipinski definition) is 2. The van der Waals surface area contributed by atoms with Crippen molar-refractivity contribution in [1.82, 2.24) is 4.90 Å². The maximum Gasteiger partial charge on any atom is 0.310 e. The molecule has 5 nitrogen and oxygen atoms in total. The van der Waals surface area contributed by atoms with Crippen molar-refractivity contribution in [3.8, 4) is 0 Å². The lowest BCUT2D eigenvalue weighted by atomic mass is 9.86. The third-order valence-electron chi connectivity index (χ3n) is 3.27. The Morgan fingerprint density at radius 3 is 1.65 bits per heavy atom. The maximum absolute atomic E-state index is 11.3. The van der Waals surface area contributed by atoms with Crippen LogP contribution in [-0.2, 0) is 9.59 Å². The summed E-state index contributed by atoms with van der Waals surface area (Å²) in [5, 5.41) is 18.4. The zero-order chi connectivity index (χ0) is 16.4. The van der Waals surface area contributed by atoms with Crippen LogP contribution in [0.5, 0.6) is 0 Å². The van der Waals surface area contributed by atoms with E-state index in [-0.39, 0.29) is 11.8 Å². The Morgan fingerprint density at radius 1 is 0.900 bits per heavy atom. The lowest BCUT2D eigenvalue weighted by molar-refractivity contribution is -0.149. The van der Waals surface area contributed by atoms with Crippen LogP contribution in [0.25, 0.3) is 0 Å². The van der Waals surface area contributed by atoms with Gasteiger partial charge < -0.3 is 10.2 Å². The molecule has 0 spiro atoms. The van der Waals surface area contributed by atoms with E-state index in [2.05, 4.69) is 20.8 Å². The molecule has 0 heterocycles. The summed E-state index contributed by atoms with van der Waals surface area (Å²) in [6.45, 7) is 14.2. The number of nitrogens with zero attached hydrogens (tertiary/aromatic N) is 1. The Labute approximate surface area is 122 Å². The minimum absolute atomic E-state index is 0.0151. The standard InChI is InChI=1S/C15H29NO4/c1-13(2,3)9-16(10-14(4,5)12(19)20)15(6,7)8-11(17)18/h8-10H2,1-7H3,(H,17,18)(H,19,20). The number of hydrogen-bond acceptors (Lipinski definition) is 3. The van der Waals surface area contributed by atoms with E-state index >= 15 is 0 Å². The van der Waals surface area contributed by atoms with E-state index in [9.17, 15) is 14.7 Å². The average molecular weight is 287 g/mol. The molecule has 0 aliphatic heterocycles. The molecule has 0 amide bonds.